The zero-order chi connectivity index (χ0) is 14.2. The predicted octanol–water partition coefficient (Wildman–Crippen LogP) is 1.15. The highest BCUT2D eigenvalue weighted by atomic mass is 32.2. The van der Waals surface area contributed by atoms with E-state index in [1.165, 1.54) is 0 Å². The predicted molar refractivity (Wildman–Crippen MR) is 76.7 cm³/mol. The molecule has 0 bridgehead atoms. The van der Waals surface area contributed by atoms with Gasteiger partial charge in [-0.3, -0.25) is 0 Å². The number of aryl methyl sites for hydroxylation is 1. The lowest BCUT2D eigenvalue weighted by molar-refractivity contribution is 0.330. The van der Waals surface area contributed by atoms with Crippen LogP contribution in [0.4, 0.5) is 5.69 Å². The first-order valence-electron chi connectivity index (χ1n) is 6.37. The van der Waals surface area contributed by atoms with E-state index in [1.807, 2.05) is 6.07 Å². The van der Waals surface area contributed by atoms with Crippen LogP contribution in [0.1, 0.15) is 18.9 Å². The Morgan fingerprint density at radius 3 is 2.63 bits per heavy atom. The Hall–Kier alpha value is -1.11. The van der Waals surface area contributed by atoms with Crippen molar-refractivity contribution < 1.29 is 8.42 Å². The monoisotopic (exact) mass is 283 g/mol. The molecule has 3 N–H and O–H groups in total. The van der Waals surface area contributed by atoms with Gasteiger partial charge >= 0.3 is 0 Å². The largest absolute Gasteiger partial charge is 0.381 e. The molecule has 19 heavy (non-hydrogen) atoms. The zero-order valence-corrected chi connectivity index (χ0v) is 12.4. The molecule has 106 valence electrons. The van der Waals surface area contributed by atoms with Crippen LogP contribution in [0.2, 0.25) is 0 Å². The number of hydrogen-bond donors (Lipinski definition) is 2. The van der Waals surface area contributed by atoms with Gasteiger partial charge in [-0.05, 0) is 45.0 Å². The van der Waals surface area contributed by atoms with Crippen LogP contribution in [0.25, 0.3) is 0 Å². The Bertz CT molecular complexity index is 561. The average molecular weight is 283 g/mol. The highest BCUT2D eigenvalue weighted by molar-refractivity contribution is 7.89. The minimum Gasteiger partial charge on any atom is -0.381 e. The fourth-order valence-electron chi connectivity index (χ4n) is 2.53. The van der Waals surface area contributed by atoms with Crippen molar-refractivity contribution in [3.8, 4) is 0 Å². The second-order valence-corrected chi connectivity index (χ2v) is 6.92. The maximum atomic E-state index is 11.5. The Morgan fingerprint density at radius 1 is 1.42 bits per heavy atom. The summed E-state index contributed by atoms with van der Waals surface area (Å²) in [6.45, 7) is 4.89. The van der Waals surface area contributed by atoms with Gasteiger partial charge in [0.15, 0.2) is 0 Å². The number of rotatable bonds is 3. The highest BCUT2D eigenvalue weighted by Gasteiger charge is 2.26. The van der Waals surface area contributed by atoms with Crippen LogP contribution in [-0.2, 0) is 10.0 Å². The second kappa shape index (κ2) is 5.11. The number of nitrogens with zero attached hydrogens (tertiary/aromatic N) is 1. The standard InChI is InChI=1S/C13H21N3O2S/c1-9-4-5-11(7-13(9)19(14,17)18)15-12-6-10(2)16(3)8-12/h4-5,7,10,12,15H,6,8H2,1-3H3,(H2,14,17,18). The molecule has 1 saturated heterocycles. The Labute approximate surface area is 114 Å². The minimum atomic E-state index is -3.66. The molecule has 2 rings (SSSR count). The Morgan fingerprint density at radius 2 is 2.11 bits per heavy atom. The molecule has 1 aliphatic rings. The molecule has 0 amide bonds. The van der Waals surface area contributed by atoms with Crippen molar-refractivity contribution in [1.82, 2.24) is 4.90 Å². The normalized spacial score (nSPS) is 24.6. The zero-order valence-electron chi connectivity index (χ0n) is 11.6. The molecule has 1 fully saturated rings. The third-order valence-electron chi connectivity index (χ3n) is 3.75. The van der Waals surface area contributed by atoms with Crippen molar-refractivity contribution in [3.05, 3.63) is 23.8 Å². The molecule has 5 nitrogen and oxygen atoms in total. The van der Waals surface area contributed by atoms with Gasteiger partial charge in [-0.15, -0.1) is 0 Å². The third-order valence-corrected chi connectivity index (χ3v) is 4.80. The van der Waals surface area contributed by atoms with Crippen molar-refractivity contribution in [2.45, 2.75) is 37.2 Å². The summed E-state index contributed by atoms with van der Waals surface area (Å²) in [5, 5.41) is 8.59. The van der Waals surface area contributed by atoms with Gasteiger partial charge in [0.1, 0.15) is 0 Å². The van der Waals surface area contributed by atoms with Crippen LogP contribution in [-0.4, -0.2) is 39.0 Å². The maximum Gasteiger partial charge on any atom is 0.238 e. The van der Waals surface area contributed by atoms with E-state index in [0.717, 1.165) is 18.7 Å². The molecule has 0 aromatic heterocycles. The van der Waals surface area contributed by atoms with Gasteiger partial charge in [0.25, 0.3) is 0 Å². The lowest BCUT2D eigenvalue weighted by Gasteiger charge is -2.15. The molecule has 1 heterocycles. The molecule has 6 heteroatoms. The number of likely N-dealkylation sites (tertiary alicyclic amines) is 1. The van der Waals surface area contributed by atoms with Crippen molar-refractivity contribution >= 4 is 15.7 Å². The Balaban J connectivity index is 2.19. The van der Waals surface area contributed by atoms with Crippen molar-refractivity contribution in [1.29, 1.82) is 0 Å². The van der Waals surface area contributed by atoms with Gasteiger partial charge < -0.3 is 10.2 Å². The van der Waals surface area contributed by atoms with Crippen LogP contribution in [0.3, 0.4) is 0 Å². The fourth-order valence-corrected chi connectivity index (χ4v) is 3.34. The summed E-state index contributed by atoms with van der Waals surface area (Å²) in [7, 11) is -1.57. The summed E-state index contributed by atoms with van der Waals surface area (Å²) >= 11 is 0. The number of nitrogens with two attached hydrogens (primary N) is 1. The molecule has 2 unspecified atom stereocenters. The summed E-state index contributed by atoms with van der Waals surface area (Å²) in [6.07, 6.45) is 1.05. The van der Waals surface area contributed by atoms with E-state index in [4.69, 9.17) is 5.14 Å². The first-order valence-corrected chi connectivity index (χ1v) is 7.92. The minimum absolute atomic E-state index is 0.192. The van der Waals surface area contributed by atoms with Gasteiger partial charge in [0, 0.05) is 24.3 Å². The molecule has 1 aromatic rings. The molecular weight excluding hydrogens is 262 g/mol. The lowest BCUT2D eigenvalue weighted by atomic mass is 10.1. The van der Waals surface area contributed by atoms with E-state index in [9.17, 15) is 8.42 Å². The number of sulfonamides is 1. The van der Waals surface area contributed by atoms with Crippen molar-refractivity contribution in [3.63, 3.8) is 0 Å². The number of hydrogen-bond acceptors (Lipinski definition) is 4. The number of benzene rings is 1. The van der Waals surface area contributed by atoms with E-state index in [0.29, 0.717) is 17.6 Å². The number of anilines is 1. The van der Waals surface area contributed by atoms with E-state index in [2.05, 4.69) is 24.2 Å². The number of nitrogens with one attached hydrogen (secondary N) is 1. The summed E-state index contributed by atoms with van der Waals surface area (Å²) in [6, 6.07) is 6.18. The maximum absolute atomic E-state index is 11.5. The average Bonchev–Trinajstić information content (AvgIpc) is 2.59. The van der Waals surface area contributed by atoms with E-state index in [1.54, 1.807) is 19.1 Å². The SMILES string of the molecule is Cc1ccc(NC2CC(C)N(C)C2)cc1S(N)(=O)=O. The quantitative estimate of drug-likeness (QED) is 0.872. The van der Waals surface area contributed by atoms with E-state index in [-0.39, 0.29) is 4.90 Å². The van der Waals surface area contributed by atoms with Gasteiger partial charge in [0.05, 0.1) is 4.90 Å². The van der Waals surface area contributed by atoms with Crippen molar-refractivity contribution in [2.75, 3.05) is 18.9 Å². The topological polar surface area (TPSA) is 75.4 Å². The molecular formula is C13H21N3O2S. The van der Waals surface area contributed by atoms with E-state index < -0.39 is 10.0 Å². The van der Waals surface area contributed by atoms with Gasteiger partial charge in [-0.1, -0.05) is 6.07 Å². The molecule has 0 radical (unpaired) electrons. The van der Waals surface area contributed by atoms with Crippen LogP contribution in [0.15, 0.2) is 23.1 Å². The van der Waals surface area contributed by atoms with Crippen LogP contribution in [0.5, 0.6) is 0 Å². The van der Waals surface area contributed by atoms with Crippen molar-refractivity contribution in [2.24, 2.45) is 5.14 Å². The first-order chi connectivity index (χ1) is 8.77. The molecule has 0 aliphatic carbocycles. The third kappa shape index (κ3) is 3.26. The smallest absolute Gasteiger partial charge is 0.238 e. The molecule has 0 spiro atoms. The summed E-state index contributed by atoms with van der Waals surface area (Å²) < 4.78 is 23.0. The summed E-state index contributed by atoms with van der Waals surface area (Å²) in [4.78, 5) is 2.48. The first kappa shape index (κ1) is 14.3. The van der Waals surface area contributed by atoms with E-state index >= 15 is 0 Å². The fraction of sp³-hybridized carbons (Fsp3) is 0.538. The number of likely N-dealkylation sites (N-methyl/N-ethyl adjacent to an activating group) is 1. The summed E-state index contributed by atoms with van der Waals surface area (Å²) in [5.41, 5.74) is 1.48. The molecule has 1 aromatic carbocycles. The highest BCUT2D eigenvalue weighted by Crippen LogP contribution is 2.23. The van der Waals surface area contributed by atoms with Crippen LogP contribution < -0.4 is 10.5 Å². The summed E-state index contributed by atoms with van der Waals surface area (Å²) in [5.74, 6) is 0. The second-order valence-electron chi connectivity index (χ2n) is 5.39. The molecule has 0 saturated carbocycles. The van der Waals surface area contributed by atoms with Crippen LogP contribution in [0, 0.1) is 6.92 Å². The lowest BCUT2D eigenvalue weighted by Crippen LogP contribution is -2.25. The van der Waals surface area contributed by atoms with Crippen LogP contribution >= 0.6 is 0 Å². The number of primary sulfonamides is 1. The van der Waals surface area contributed by atoms with Gasteiger partial charge in [-0.25, -0.2) is 13.6 Å². The van der Waals surface area contributed by atoms with Gasteiger partial charge in [-0.2, -0.15) is 0 Å². The van der Waals surface area contributed by atoms with Gasteiger partial charge in [0.2, 0.25) is 10.0 Å². The Kier molecular flexibility index (Phi) is 3.85. The molecule has 1 aliphatic heterocycles. The molecule has 2 atom stereocenters.